The quantitative estimate of drug-likeness (QED) is 0.164. The second kappa shape index (κ2) is 13.7. The summed E-state index contributed by atoms with van der Waals surface area (Å²) in [7, 11) is 0. The molecule has 63 heavy (non-hydrogen) atoms. The van der Waals surface area contributed by atoms with E-state index in [1.165, 1.54) is 122 Å². The number of aryl methyl sites for hydroxylation is 1. The predicted octanol–water partition coefficient (Wildman–Crippen LogP) is 15.1. The fourth-order valence-electron chi connectivity index (χ4n) is 11.2. The lowest BCUT2D eigenvalue weighted by molar-refractivity contribution is 0.332. The average molecular weight is 839 g/mol. The molecule has 0 fully saturated rings. The predicted molar refractivity (Wildman–Crippen MR) is 276 cm³/mol. The van der Waals surface area contributed by atoms with E-state index in [2.05, 4.69) is 219 Å². The van der Waals surface area contributed by atoms with Crippen LogP contribution in [0.1, 0.15) is 110 Å². The van der Waals surface area contributed by atoms with Gasteiger partial charge in [-0.2, -0.15) is 0 Å². The molecule has 0 spiro atoms. The highest BCUT2D eigenvalue weighted by atomic mass is 32.1. The van der Waals surface area contributed by atoms with Crippen molar-refractivity contribution < 1.29 is 0 Å². The SMILES string of the molecule is Cc1cc(C(C)(C)C)ccc1N1c2cc3c(cc2B2c4ccc5sc6ccccc6c5c4N(c4ccccc4-c4ccccc4)c4cc(C(C)(C)C)cc1c42)C(C)(C)CCC3(C)C. The molecule has 3 aliphatic rings. The maximum absolute atomic E-state index is 2.69. The summed E-state index contributed by atoms with van der Waals surface area (Å²) in [6, 6.07) is 51.8. The van der Waals surface area contributed by atoms with Crippen LogP contribution in [0.5, 0.6) is 0 Å². The Hall–Kier alpha value is -5.58. The third-order valence-corrected chi connectivity index (χ3v) is 16.1. The molecule has 4 heteroatoms. The van der Waals surface area contributed by atoms with Gasteiger partial charge in [0, 0.05) is 48.5 Å². The van der Waals surface area contributed by atoms with Crippen LogP contribution in [0.25, 0.3) is 31.3 Å². The van der Waals surface area contributed by atoms with E-state index in [0.717, 1.165) is 0 Å². The summed E-state index contributed by atoms with van der Waals surface area (Å²) < 4.78 is 2.66. The van der Waals surface area contributed by atoms with Crippen molar-refractivity contribution in [1.82, 2.24) is 0 Å². The Balaban J connectivity index is 1.33. The number of anilines is 6. The van der Waals surface area contributed by atoms with Gasteiger partial charge in [-0.05, 0) is 134 Å². The van der Waals surface area contributed by atoms with E-state index >= 15 is 0 Å². The van der Waals surface area contributed by atoms with Crippen molar-refractivity contribution in [3.63, 3.8) is 0 Å². The molecule has 0 N–H and O–H groups in total. The zero-order valence-corrected chi connectivity index (χ0v) is 39.8. The zero-order chi connectivity index (χ0) is 44.0. The highest BCUT2D eigenvalue weighted by molar-refractivity contribution is 7.26. The lowest BCUT2D eigenvalue weighted by Gasteiger charge is -2.48. The molecule has 0 atom stereocenters. The van der Waals surface area contributed by atoms with E-state index in [1.807, 2.05) is 11.3 Å². The molecule has 0 amide bonds. The number of hydrogen-bond donors (Lipinski definition) is 0. The van der Waals surface area contributed by atoms with Gasteiger partial charge in [0.2, 0.25) is 0 Å². The molecule has 0 radical (unpaired) electrons. The van der Waals surface area contributed by atoms with E-state index in [-0.39, 0.29) is 28.4 Å². The molecular weight excluding hydrogens is 780 g/mol. The highest BCUT2D eigenvalue weighted by Gasteiger charge is 2.48. The van der Waals surface area contributed by atoms with Crippen molar-refractivity contribution >= 4 is 88.7 Å². The second-order valence-electron chi connectivity index (χ2n) is 22.1. The smallest absolute Gasteiger partial charge is 0.252 e. The van der Waals surface area contributed by atoms with Crippen LogP contribution in [-0.4, -0.2) is 6.71 Å². The number of nitrogens with zero attached hydrogens (tertiary/aromatic N) is 2. The largest absolute Gasteiger partial charge is 0.311 e. The van der Waals surface area contributed by atoms with Crippen LogP contribution in [-0.2, 0) is 21.7 Å². The standard InChI is InChI=1S/C59H59BN2S/c1-36-31-38(56(2,3)4)25-27-46(36)61-48-35-43-42(58(8,9)29-30-59(43,10)11)34-45(48)60-44-26-28-52-53(41-22-16-18-24-51(41)63-52)55(44)62(50-33-39(57(5,6)7)32-49(61)54(50)60)47-23-17-15-21-40(47)37-19-13-12-14-20-37/h12-28,31-35H,29-30H2,1-11H3. The summed E-state index contributed by atoms with van der Waals surface area (Å²) >= 11 is 1.92. The van der Waals surface area contributed by atoms with Crippen LogP contribution in [0.2, 0.25) is 0 Å². The molecule has 11 rings (SSSR count). The maximum atomic E-state index is 2.69. The molecule has 3 heterocycles. The monoisotopic (exact) mass is 838 g/mol. The summed E-state index contributed by atoms with van der Waals surface area (Å²) in [5.41, 5.74) is 21.3. The van der Waals surface area contributed by atoms with E-state index < -0.39 is 0 Å². The topological polar surface area (TPSA) is 6.48 Å². The van der Waals surface area contributed by atoms with Crippen LogP contribution < -0.4 is 26.2 Å². The first-order chi connectivity index (χ1) is 29.9. The first-order valence-electron chi connectivity index (χ1n) is 23.1. The minimum absolute atomic E-state index is 0.0220. The van der Waals surface area contributed by atoms with Crippen molar-refractivity contribution in [1.29, 1.82) is 0 Å². The van der Waals surface area contributed by atoms with Crippen molar-refractivity contribution in [2.45, 2.75) is 111 Å². The van der Waals surface area contributed by atoms with E-state index in [9.17, 15) is 0 Å². The van der Waals surface area contributed by atoms with Crippen LogP contribution in [0.4, 0.5) is 34.1 Å². The summed E-state index contributed by atoms with van der Waals surface area (Å²) in [4.78, 5) is 5.37. The first-order valence-corrected chi connectivity index (χ1v) is 23.9. The molecule has 0 bridgehead atoms. The molecule has 8 aromatic rings. The van der Waals surface area contributed by atoms with Gasteiger partial charge < -0.3 is 9.80 Å². The Labute approximate surface area is 379 Å². The van der Waals surface area contributed by atoms with Gasteiger partial charge in [-0.25, -0.2) is 0 Å². The second-order valence-corrected chi connectivity index (χ2v) is 23.2. The van der Waals surface area contributed by atoms with Gasteiger partial charge in [-0.15, -0.1) is 11.3 Å². The number of fused-ring (bicyclic) bond motifs is 9. The number of benzene rings is 7. The summed E-state index contributed by atoms with van der Waals surface area (Å²) in [6.07, 6.45) is 2.34. The summed E-state index contributed by atoms with van der Waals surface area (Å²) in [5, 5.41) is 2.68. The van der Waals surface area contributed by atoms with Crippen LogP contribution >= 0.6 is 11.3 Å². The Morgan fingerprint density at radius 3 is 1.86 bits per heavy atom. The van der Waals surface area contributed by atoms with Crippen molar-refractivity contribution in [2.24, 2.45) is 0 Å². The van der Waals surface area contributed by atoms with Crippen LogP contribution in [0.3, 0.4) is 0 Å². The molecule has 1 aliphatic carbocycles. The minimum atomic E-state index is -0.119. The third kappa shape index (κ3) is 6.11. The third-order valence-electron chi connectivity index (χ3n) is 14.9. The van der Waals surface area contributed by atoms with Gasteiger partial charge in [0.1, 0.15) is 0 Å². The fourth-order valence-corrected chi connectivity index (χ4v) is 12.3. The Bertz CT molecular complexity index is 3170. The molecular formula is C59H59BN2S. The molecule has 0 unspecified atom stereocenters. The van der Waals surface area contributed by atoms with Gasteiger partial charge in [0.25, 0.3) is 6.71 Å². The molecule has 0 saturated heterocycles. The first kappa shape index (κ1) is 40.2. The average Bonchev–Trinajstić information content (AvgIpc) is 3.64. The Morgan fingerprint density at radius 1 is 0.524 bits per heavy atom. The zero-order valence-electron chi connectivity index (χ0n) is 39.0. The minimum Gasteiger partial charge on any atom is -0.311 e. The molecule has 2 nitrogen and oxygen atoms in total. The molecule has 0 saturated carbocycles. The normalized spacial score (nSPS) is 16.2. The molecule has 1 aromatic heterocycles. The van der Waals surface area contributed by atoms with Crippen molar-refractivity contribution in [3.05, 3.63) is 161 Å². The summed E-state index contributed by atoms with van der Waals surface area (Å²) in [5.74, 6) is 0. The van der Waals surface area contributed by atoms with Gasteiger partial charge in [-0.1, -0.05) is 160 Å². The number of rotatable bonds is 3. The lowest BCUT2D eigenvalue weighted by Crippen LogP contribution is -2.62. The number of thiophene rings is 1. The van der Waals surface area contributed by atoms with E-state index in [4.69, 9.17) is 0 Å². The van der Waals surface area contributed by atoms with E-state index in [1.54, 1.807) is 0 Å². The van der Waals surface area contributed by atoms with Crippen LogP contribution in [0, 0.1) is 6.92 Å². The highest BCUT2D eigenvalue weighted by Crippen LogP contribution is 2.54. The van der Waals surface area contributed by atoms with Gasteiger partial charge in [0.15, 0.2) is 0 Å². The fraction of sp³-hybridized carbons (Fsp3) is 0.288. The van der Waals surface area contributed by atoms with Gasteiger partial charge >= 0.3 is 0 Å². The number of para-hydroxylation sites is 1. The van der Waals surface area contributed by atoms with Gasteiger partial charge in [-0.3, -0.25) is 0 Å². The molecule has 2 aliphatic heterocycles. The Morgan fingerprint density at radius 2 is 1.16 bits per heavy atom. The van der Waals surface area contributed by atoms with Crippen LogP contribution in [0.15, 0.2) is 133 Å². The Kier molecular flexibility index (Phi) is 8.75. The number of hydrogen-bond acceptors (Lipinski definition) is 3. The molecule has 314 valence electrons. The molecule has 7 aromatic carbocycles. The van der Waals surface area contributed by atoms with Crippen molar-refractivity contribution in [2.75, 3.05) is 9.80 Å². The van der Waals surface area contributed by atoms with Gasteiger partial charge in [0.05, 0.1) is 11.4 Å². The summed E-state index contributed by atoms with van der Waals surface area (Å²) in [6.45, 7) is 26.4. The van der Waals surface area contributed by atoms with Crippen molar-refractivity contribution in [3.8, 4) is 11.1 Å². The maximum Gasteiger partial charge on any atom is 0.252 e. The van der Waals surface area contributed by atoms with E-state index in [0.29, 0.717) is 0 Å². The lowest BCUT2D eigenvalue weighted by atomic mass is 9.33.